The van der Waals surface area contributed by atoms with Gasteiger partial charge in [0.25, 0.3) is 0 Å². The predicted octanol–water partition coefficient (Wildman–Crippen LogP) is 0.841. The van der Waals surface area contributed by atoms with Crippen LogP contribution >= 0.6 is 18.5 Å². The number of phosphoric acid groups is 1. The number of hydrogen-bond acceptors (Lipinski definition) is 11. The lowest BCUT2D eigenvalue weighted by Gasteiger charge is -2.14. The van der Waals surface area contributed by atoms with Gasteiger partial charge in [0, 0.05) is 10.7 Å². The summed E-state index contributed by atoms with van der Waals surface area (Å²) in [5.41, 5.74) is 0. The van der Waals surface area contributed by atoms with Crippen LogP contribution in [0.25, 0.3) is 0 Å². The van der Waals surface area contributed by atoms with Gasteiger partial charge in [0.1, 0.15) is 0 Å². The lowest BCUT2D eigenvalue weighted by molar-refractivity contribution is 0.126. The highest BCUT2D eigenvalue weighted by molar-refractivity contribution is 8.09. The van der Waals surface area contributed by atoms with Crippen molar-refractivity contribution in [2.75, 3.05) is 19.8 Å². The van der Waals surface area contributed by atoms with Crippen LogP contribution in [0.4, 0.5) is 0 Å². The van der Waals surface area contributed by atoms with Gasteiger partial charge in [0.05, 0.1) is 19.8 Å². The van der Waals surface area contributed by atoms with Crippen molar-refractivity contribution in [3.63, 3.8) is 0 Å². The highest BCUT2D eigenvalue weighted by Crippen LogP contribution is 2.48. The van der Waals surface area contributed by atoms with Gasteiger partial charge in [-0.05, 0) is 20.8 Å². The molecular formula is C6H18ClO14PS3. The Morgan fingerprint density at radius 2 is 0.960 bits per heavy atom. The van der Waals surface area contributed by atoms with Gasteiger partial charge >= 0.3 is 38.0 Å². The summed E-state index contributed by atoms with van der Waals surface area (Å²) in [4.78, 5) is 0. The topological polar surface area (TPSA) is 217 Å². The van der Waals surface area contributed by atoms with E-state index in [2.05, 4.69) is 14.3 Å². The van der Waals surface area contributed by atoms with Crippen LogP contribution in [0.5, 0.6) is 0 Å². The maximum Gasteiger partial charge on any atom is 0.474 e. The molecule has 0 aromatic carbocycles. The molecule has 0 radical (unpaired) electrons. The summed E-state index contributed by atoms with van der Waals surface area (Å²) < 4.78 is 107. The molecule has 0 aromatic heterocycles. The average molecular weight is 477 g/mol. The van der Waals surface area contributed by atoms with E-state index in [1.165, 1.54) is 0 Å². The van der Waals surface area contributed by atoms with Gasteiger partial charge in [-0.1, -0.05) is 0 Å². The summed E-state index contributed by atoms with van der Waals surface area (Å²) in [6.45, 7) is 6.21. The molecule has 19 heteroatoms. The Morgan fingerprint density at radius 3 is 1.04 bits per heavy atom. The van der Waals surface area contributed by atoms with Crippen molar-refractivity contribution in [1.82, 2.24) is 0 Å². The van der Waals surface area contributed by atoms with Crippen LogP contribution in [-0.4, -0.2) is 58.7 Å². The lowest BCUT2D eigenvalue weighted by Crippen LogP contribution is -2.10. The monoisotopic (exact) mass is 476 g/mol. The maximum atomic E-state index is 11.3. The van der Waals surface area contributed by atoms with E-state index in [0.29, 0.717) is 19.8 Å². The lowest BCUT2D eigenvalue weighted by atomic mass is 10.9. The predicted molar refractivity (Wildman–Crippen MR) is 84.1 cm³/mol. The fraction of sp³-hybridized carbons (Fsp3) is 1.00. The van der Waals surface area contributed by atoms with Crippen molar-refractivity contribution >= 4 is 48.6 Å². The van der Waals surface area contributed by atoms with Crippen LogP contribution < -0.4 is 0 Å². The third kappa shape index (κ3) is 35.9. The second-order valence-electron chi connectivity index (χ2n) is 3.04. The van der Waals surface area contributed by atoms with E-state index in [9.17, 15) is 21.4 Å². The highest BCUT2D eigenvalue weighted by Gasteiger charge is 2.23. The van der Waals surface area contributed by atoms with Gasteiger partial charge in [0.15, 0.2) is 0 Å². The minimum absolute atomic E-state index is 0.331. The van der Waals surface area contributed by atoms with Crippen molar-refractivity contribution in [2.24, 2.45) is 0 Å². The first-order valence-electron chi connectivity index (χ1n) is 5.75. The molecule has 0 bridgehead atoms. The molecule has 0 aliphatic rings. The van der Waals surface area contributed by atoms with Crippen molar-refractivity contribution in [3.8, 4) is 0 Å². The molecule has 0 unspecified atom stereocenters. The standard InChI is InChI=1S/C6H15O4P.ClHO3S.H2O7S2/c1-4-8-11(7,9-5-2)10-6-3;1-5(2,3)4;1-8(2,3)7-9(4,5)6/h4-6H2,1-3H3;(H,2,3,4);(H,1,2,3)(H,4,5,6). The van der Waals surface area contributed by atoms with Crippen molar-refractivity contribution < 1.29 is 60.7 Å². The van der Waals surface area contributed by atoms with Crippen molar-refractivity contribution in [2.45, 2.75) is 20.8 Å². The molecule has 0 atom stereocenters. The zero-order valence-electron chi connectivity index (χ0n) is 13.0. The summed E-state index contributed by atoms with van der Waals surface area (Å²) in [5, 5.41) is 0. The molecule has 0 aliphatic carbocycles. The molecule has 14 nitrogen and oxygen atoms in total. The zero-order chi connectivity index (χ0) is 20.9. The Balaban J connectivity index is -0.000000311. The highest BCUT2D eigenvalue weighted by atomic mass is 35.7. The molecule has 0 amide bonds. The van der Waals surface area contributed by atoms with Gasteiger partial charge in [-0.25, -0.2) is 4.57 Å². The van der Waals surface area contributed by atoms with E-state index in [-0.39, 0.29) is 0 Å². The van der Waals surface area contributed by atoms with Crippen LogP contribution in [0.1, 0.15) is 20.8 Å². The van der Waals surface area contributed by atoms with Crippen LogP contribution in [0.3, 0.4) is 0 Å². The van der Waals surface area contributed by atoms with Gasteiger partial charge in [-0.15, -0.1) is 3.63 Å². The molecule has 0 saturated heterocycles. The summed E-state index contributed by atoms with van der Waals surface area (Å²) in [6.07, 6.45) is 0. The van der Waals surface area contributed by atoms with E-state index in [1.54, 1.807) is 20.8 Å². The molecule has 0 rings (SSSR count). The largest absolute Gasteiger partial charge is 0.474 e. The zero-order valence-corrected chi connectivity index (χ0v) is 17.1. The van der Waals surface area contributed by atoms with E-state index in [1.807, 2.05) is 0 Å². The number of phosphoric ester groups is 1. The number of halogens is 1. The van der Waals surface area contributed by atoms with Crippen molar-refractivity contribution in [1.29, 1.82) is 0 Å². The third-order valence-electron chi connectivity index (χ3n) is 1.03. The Hall–Kier alpha value is 0.0900. The normalized spacial score (nSPS) is 12.4. The van der Waals surface area contributed by atoms with E-state index >= 15 is 0 Å². The van der Waals surface area contributed by atoms with E-state index < -0.39 is 38.0 Å². The SMILES string of the molecule is CCOP(=O)(OCC)OCC.O=S(=O)(O)Cl.O=S(=O)(O)OS(=O)(=O)O. The quantitative estimate of drug-likeness (QED) is 0.251. The first-order valence-corrected chi connectivity index (χ1v) is 12.2. The number of hydrogen-bond donors (Lipinski definition) is 3. The van der Waals surface area contributed by atoms with Crippen LogP contribution in [0.15, 0.2) is 0 Å². The van der Waals surface area contributed by atoms with Gasteiger partial charge in [0.2, 0.25) is 0 Å². The minimum atomic E-state index is -5.12. The molecule has 0 aliphatic heterocycles. The Kier molecular flexibility index (Phi) is 15.9. The molecule has 0 fully saturated rings. The fourth-order valence-electron chi connectivity index (χ4n) is 0.695. The summed E-state index contributed by atoms with van der Waals surface area (Å²) >= 11 is 0. The van der Waals surface area contributed by atoms with Gasteiger partial charge < -0.3 is 0 Å². The second kappa shape index (κ2) is 13.3. The minimum Gasteiger partial charge on any atom is -0.287 e. The molecule has 156 valence electrons. The smallest absolute Gasteiger partial charge is 0.287 e. The Morgan fingerprint density at radius 1 is 0.760 bits per heavy atom. The van der Waals surface area contributed by atoms with Gasteiger partial charge in [-0.3, -0.25) is 27.2 Å². The first-order chi connectivity index (χ1) is 10.9. The summed E-state index contributed by atoms with van der Waals surface area (Å²) in [6, 6.07) is 0. The second-order valence-corrected chi connectivity index (χ2v) is 8.95. The Labute approximate surface area is 150 Å². The molecule has 0 aromatic rings. The number of rotatable bonds is 8. The molecule has 0 spiro atoms. The van der Waals surface area contributed by atoms with Gasteiger partial charge in [-0.2, -0.15) is 25.3 Å². The fourth-order valence-corrected chi connectivity index (χ4v) is 2.74. The first kappa shape index (κ1) is 29.8. The molecule has 25 heavy (non-hydrogen) atoms. The Bertz CT molecular complexity index is 635. The molecule has 3 N–H and O–H groups in total. The van der Waals surface area contributed by atoms with Crippen LogP contribution in [0, 0.1) is 0 Å². The van der Waals surface area contributed by atoms with E-state index in [0.717, 1.165) is 0 Å². The van der Waals surface area contributed by atoms with E-state index in [4.69, 9.17) is 35.6 Å². The van der Waals surface area contributed by atoms with Crippen LogP contribution in [-0.2, 0) is 51.9 Å². The van der Waals surface area contributed by atoms with Crippen molar-refractivity contribution in [3.05, 3.63) is 0 Å². The molecular weight excluding hydrogens is 459 g/mol. The maximum absolute atomic E-state index is 11.3. The molecule has 0 heterocycles. The third-order valence-corrected chi connectivity index (χ3v) is 4.13. The summed E-state index contributed by atoms with van der Waals surface area (Å²) in [7, 11) is -13.6. The average Bonchev–Trinajstić information content (AvgIpc) is 2.22. The van der Waals surface area contributed by atoms with Crippen LogP contribution in [0.2, 0.25) is 0 Å². The molecule has 0 saturated carbocycles. The summed E-state index contributed by atoms with van der Waals surface area (Å²) in [5.74, 6) is 0.